The minimum absolute atomic E-state index is 0.144. The number of rotatable bonds is 10. The van der Waals surface area contributed by atoms with Gasteiger partial charge in [0.2, 0.25) is 5.91 Å². The molecule has 0 fully saturated rings. The second kappa shape index (κ2) is 10.1. The van der Waals surface area contributed by atoms with Crippen LogP contribution in [0.5, 0.6) is 0 Å². The largest absolute Gasteiger partial charge is 0.480 e. The monoisotopic (exact) mass is 243 g/mol. The fourth-order valence-electron chi connectivity index (χ4n) is 1.67. The van der Waals surface area contributed by atoms with E-state index in [0.29, 0.717) is 12.8 Å². The van der Waals surface area contributed by atoms with Gasteiger partial charge in [-0.15, -0.1) is 0 Å². The summed E-state index contributed by atoms with van der Waals surface area (Å²) in [6.07, 6.45) is 7.64. The fourth-order valence-corrected chi connectivity index (χ4v) is 1.67. The van der Waals surface area contributed by atoms with Crippen LogP contribution in [0.1, 0.15) is 65.2 Å². The number of amides is 1. The molecule has 0 saturated carbocycles. The van der Waals surface area contributed by atoms with Gasteiger partial charge in [0.15, 0.2) is 0 Å². The molecule has 0 saturated heterocycles. The second-order valence-corrected chi connectivity index (χ2v) is 4.38. The van der Waals surface area contributed by atoms with Crippen LogP contribution in [0.2, 0.25) is 0 Å². The average molecular weight is 243 g/mol. The lowest BCUT2D eigenvalue weighted by molar-refractivity contribution is -0.141. The van der Waals surface area contributed by atoms with E-state index in [4.69, 9.17) is 5.11 Å². The third-order valence-corrected chi connectivity index (χ3v) is 2.80. The first-order valence-electron chi connectivity index (χ1n) is 6.64. The maximum Gasteiger partial charge on any atom is 0.326 e. The summed E-state index contributed by atoms with van der Waals surface area (Å²) in [5, 5.41) is 11.3. The van der Waals surface area contributed by atoms with Crippen molar-refractivity contribution in [3.05, 3.63) is 0 Å². The summed E-state index contributed by atoms with van der Waals surface area (Å²) in [6.45, 7) is 3.92. The normalized spacial score (nSPS) is 12.1. The molecule has 0 aromatic rings. The average Bonchev–Trinajstić information content (AvgIpc) is 2.30. The number of unbranched alkanes of at least 4 members (excludes halogenated alkanes) is 5. The van der Waals surface area contributed by atoms with Gasteiger partial charge in [-0.1, -0.05) is 46.0 Å². The smallest absolute Gasteiger partial charge is 0.326 e. The predicted octanol–water partition coefficient (Wildman–Crippen LogP) is 2.72. The van der Waals surface area contributed by atoms with Crippen LogP contribution < -0.4 is 5.32 Å². The minimum atomic E-state index is -0.955. The highest BCUT2D eigenvalue weighted by Gasteiger charge is 2.16. The van der Waals surface area contributed by atoms with Crippen LogP contribution in [-0.2, 0) is 9.59 Å². The van der Waals surface area contributed by atoms with Gasteiger partial charge in [0.05, 0.1) is 0 Å². The maximum atomic E-state index is 11.4. The zero-order chi connectivity index (χ0) is 13.1. The Bertz CT molecular complexity index is 229. The van der Waals surface area contributed by atoms with Crippen LogP contribution in [-0.4, -0.2) is 23.0 Å². The first kappa shape index (κ1) is 15.9. The van der Waals surface area contributed by atoms with Gasteiger partial charge in [0.1, 0.15) is 6.04 Å². The van der Waals surface area contributed by atoms with Gasteiger partial charge in [-0.25, -0.2) is 4.79 Å². The lowest BCUT2D eigenvalue weighted by atomic mass is 10.1. The molecule has 0 unspecified atom stereocenters. The number of carboxylic acid groups (broad SMARTS) is 1. The molecular weight excluding hydrogens is 218 g/mol. The highest BCUT2D eigenvalue weighted by atomic mass is 16.4. The predicted molar refractivity (Wildman–Crippen MR) is 67.9 cm³/mol. The van der Waals surface area contributed by atoms with Crippen molar-refractivity contribution in [2.24, 2.45) is 0 Å². The SMILES string of the molecule is CCCCCCCCC(=O)N[C@@H](CC)C(=O)O. The summed E-state index contributed by atoms with van der Waals surface area (Å²) in [7, 11) is 0. The molecule has 0 bridgehead atoms. The molecular formula is C13H25NO3. The minimum Gasteiger partial charge on any atom is -0.480 e. The molecule has 0 heterocycles. The zero-order valence-corrected chi connectivity index (χ0v) is 11.0. The molecule has 0 rings (SSSR count). The third kappa shape index (κ3) is 8.72. The van der Waals surface area contributed by atoms with Crippen LogP contribution in [0.25, 0.3) is 0 Å². The molecule has 4 nitrogen and oxygen atoms in total. The Morgan fingerprint density at radius 2 is 1.65 bits per heavy atom. The van der Waals surface area contributed by atoms with Crippen LogP contribution >= 0.6 is 0 Å². The van der Waals surface area contributed by atoms with E-state index in [-0.39, 0.29) is 5.91 Å². The molecule has 1 atom stereocenters. The summed E-state index contributed by atoms with van der Waals surface area (Å²) in [5.41, 5.74) is 0. The Kier molecular flexibility index (Phi) is 9.49. The molecule has 2 N–H and O–H groups in total. The first-order chi connectivity index (χ1) is 8.11. The maximum absolute atomic E-state index is 11.4. The number of hydrogen-bond donors (Lipinski definition) is 2. The van der Waals surface area contributed by atoms with Crippen LogP contribution in [0.15, 0.2) is 0 Å². The van der Waals surface area contributed by atoms with Crippen molar-refractivity contribution in [2.45, 2.75) is 71.3 Å². The van der Waals surface area contributed by atoms with E-state index in [1.165, 1.54) is 19.3 Å². The second-order valence-electron chi connectivity index (χ2n) is 4.38. The molecule has 1 amide bonds. The molecule has 0 aliphatic heterocycles. The number of nitrogens with one attached hydrogen (secondary N) is 1. The Hall–Kier alpha value is -1.06. The van der Waals surface area contributed by atoms with Gasteiger partial charge < -0.3 is 10.4 Å². The number of carboxylic acids is 1. The van der Waals surface area contributed by atoms with Gasteiger partial charge in [-0.2, -0.15) is 0 Å². The molecule has 4 heteroatoms. The van der Waals surface area contributed by atoms with E-state index in [0.717, 1.165) is 19.3 Å². The number of aliphatic carboxylic acids is 1. The molecule has 0 aromatic carbocycles. The molecule has 0 radical (unpaired) electrons. The highest BCUT2D eigenvalue weighted by Crippen LogP contribution is 2.07. The van der Waals surface area contributed by atoms with Crippen molar-refractivity contribution in [2.75, 3.05) is 0 Å². The Balaban J connectivity index is 3.55. The van der Waals surface area contributed by atoms with E-state index in [1.54, 1.807) is 6.92 Å². The van der Waals surface area contributed by atoms with E-state index in [1.807, 2.05) is 0 Å². The number of hydrogen-bond acceptors (Lipinski definition) is 2. The van der Waals surface area contributed by atoms with Crippen LogP contribution in [0.4, 0.5) is 0 Å². The number of carbonyl (C=O) groups excluding carboxylic acids is 1. The van der Waals surface area contributed by atoms with Gasteiger partial charge in [0.25, 0.3) is 0 Å². The quantitative estimate of drug-likeness (QED) is 0.580. The highest BCUT2D eigenvalue weighted by molar-refractivity contribution is 5.83. The molecule has 17 heavy (non-hydrogen) atoms. The first-order valence-corrected chi connectivity index (χ1v) is 6.64. The van der Waals surface area contributed by atoms with Gasteiger partial charge >= 0.3 is 5.97 Å². The van der Waals surface area contributed by atoms with Crippen molar-refractivity contribution < 1.29 is 14.7 Å². The van der Waals surface area contributed by atoms with Crippen molar-refractivity contribution in [3.63, 3.8) is 0 Å². The summed E-state index contributed by atoms with van der Waals surface area (Å²) in [5.74, 6) is -1.10. The standard InChI is InChI=1S/C13H25NO3/c1-3-5-6-7-8-9-10-12(15)14-11(4-2)13(16)17/h11H,3-10H2,1-2H3,(H,14,15)(H,16,17)/t11-/m0/s1. The molecule has 0 aromatic heterocycles. The molecule has 0 spiro atoms. The van der Waals surface area contributed by atoms with Crippen LogP contribution in [0, 0.1) is 0 Å². The lowest BCUT2D eigenvalue weighted by Crippen LogP contribution is -2.40. The van der Waals surface area contributed by atoms with Crippen molar-refractivity contribution in [3.8, 4) is 0 Å². The zero-order valence-electron chi connectivity index (χ0n) is 11.0. The van der Waals surface area contributed by atoms with Gasteiger partial charge in [-0.3, -0.25) is 4.79 Å². The van der Waals surface area contributed by atoms with Crippen LogP contribution in [0.3, 0.4) is 0 Å². The summed E-state index contributed by atoms with van der Waals surface area (Å²) in [4.78, 5) is 22.1. The van der Waals surface area contributed by atoms with Crippen molar-refractivity contribution in [1.82, 2.24) is 5.32 Å². The summed E-state index contributed by atoms with van der Waals surface area (Å²) < 4.78 is 0. The van der Waals surface area contributed by atoms with E-state index < -0.39 is 12.0 Å². The summed E-state index contributed by atoms with van der Waals surface area (Å²) in [6, 6.07) is -0.734. The Labute approximate surface area is 104 Å². The summed E-state index contributed by atoms with van der Waals surface area (Å²) >= 11 is 0. The fraction of sp³-hybridized carbons (Fsp3) is 0.846. The Morgan fingerprint density at radius 1 is 1.06 bits per heavy atom. The topological polar surface area (TPSA) is 66.4 Å². The lowest BCUT2D eigenvalue weighted by Gasteiger charge is -2.11. The molecule has 100 valence electrons. The van der Waals surface area contributed by atoms with Crippen molar-refractivity contribution >= 4 is 11.9 Å². The van der Waals surface area contributed by atoms with Gasteiger partial charge in [0, 0.05) is 6.42 Å². The molecule has 0 aliphatic rings. The Morgan fingerprint density at radius 3 is 2.18 bits per heavy atom. The van der Waals surface area contributed by atoms with Crippen molar-refractivity contribution in [1.29, 1.82) is 0 Å². The number of carbonyl (C=O) groups is 2. The van der Waals surface area contributed by atoms with Gasteiger partial charge in [-0.05, 0) is 12.8 Å². The third-order valence-electron chi connectivity index (χ3n) is 2.80. The molecule has 0 aliphatic carbocycles. The van der Waals surface area contributed by atoms with E-state index in [2.05, 4.69) is 12.2 Å². The van der Waals surface area contributed by atoms with E-state index >= 15 is 0 Å². The van der Waals surface area contributed by atoms with E-state index in [9.17, 15) is 9.59 Å².